The molecule has 1 rings (SSSR count). The fourth-order valence-corrected chi connectivity index (χ4v) is 1.14. The van der Waals surface area contributed by atoms with Crippen LogP contribution in [0.5, 0.6) is 5.75 Å². The Hall–Kier alpha value is -1.42. The molecule has 0 aromatic heterocycles. The van der Waals surface area contributed by atoms with Crippen molar-refractivity contribution in [2.45, 2.75) is 12.5 Å². The molecule has 0 heterocycles. The molecule has 0 atom stereocenters. The van der Waals surface area contributed by atoms with Gasteiger partial charge in [-0.15, -0.1) is 13.2 Å². The van der Waals surface area contributed by atoms with Gasteiger partial charge in [0, 0.05) is 5.46 Å². The van der Waals surface area contributed by atoms with E-state index in [9.17, 15) is 26.3 Å². The van der Waals surface area contributed by atoms with E-state index in [1.807, 2.05) is 0 Å². The summed E-state index contributed by atoms with van der Waals surface area (Å²) in [6.07, 6.45) is -9.97. The molecule has 0 saturated carbocycles. The largest absolute Gasteiger partial charge is 0.573 e. The third-order valence-corrected chi connectivity index (χ3v) is 1.84. The molecule has 3 nitrogen and oxygen atoms in total. The van der Waals surface area contributed by atoms with Crippen LogP contribution < -0.4 is 10.2 Å². The minimum atomic E-state index is -5.15. The lowest BCUT2D eigenvalue weighted by molar-refractivity contribution is -0.274. The van der Waals surface area contributed by atoms with Gasteiger partial charge in [-0.1, -0.05) is 0 Å². The zero-order valence-electron chi connectivity index (χ0n) is 8.38. The summed E-state index contributed by atoms with van der Waals surface area (Å²) in [6.45, 7) is 0. The zero-order chi connectivity index (χ0) is 14.1. The highest BCUT2D eigenvalue weighted by Crippen LogP contribution is 2.30. The van der Waals surface area contributed by atoms with Crippen molar-refractivity contribution in [2.75, 3.05) is 0 Å². The maximum absolute atomic E-state index is 12.3. The minimum absolute atomic E-state index is 0.172. The van der Waals surface area contributed by atoms with Gasteiger partial charge in [0.05, 0.1) is 5.56 Å². The smallest absolute Gasteiger partial charge is 0.423 e. The van der Waals surface area contributed by atoms with Crippen LogP contribution in [-0.4, -0.2) is 23.5 Å². The first-order valence-corrected chi connectivity index (χ1v) is 4.34. The molecule has 0 aliphatic carbocycles. The SMILES string of the molecule is OB(O)c1cc(C(F)(F)F)ccc1OC(F)(F)F. The molecular weight excluding hydrogens is 269 g/mol. The van der Waals surface area contributed by atoms with Crippen molar-refractivity contribution in [1.82, 2.24) is 0 Å². The molecule has 0 bridgehead atoms. The summed E-state index contributed by atoms with van der Waals surface area (Å²) < 4.78 is 75.9. The summed E-state index contributed by atoms with van der Waals surface area (Å²) in [5.74, 6) is -1.11. The van der Waals surface area contributed by atoms with Crippen LogP contribution in [0.1, 0.15) is 5.56 Å². The van der Waals surface area contributed by atoms with Crippen LogP contribution in [0, 0.1) is 0 Å². The van der Waals surface area contributed by atoms with Crippen molar-refractivity contribution < 1.29 is 41.1 Å². The number of halogens is 6. The fraction of sp³-hybridized carbons (Fsp3) is 0.250. The van der Waals surface area contributed by atoms with Crippen LogP contribution >= 0.6 is 0 Å². The van der Waals surface area contributed by atoms with Gasteiger partial charge in [0.2, 0.25) is 0 Å². The van der Waals surface area contributed by atoms with Gasteiger partial charge in [-0.2, -0.15) is 13.2 Å². The summed E-state index contributed by atoms with van der Waals surface area (Å²) in [6, 6.07) is 0.879. The first-order chi connectivity index (χ1) is 8.00. The van der Waals surface area contributed by atoms with Crippen molar-refractivity contribution in [3.63, 3.8) is 0 Å². The van der Waals surface area contributed by atoms with Gasteiger partial charge in [0.15, 0.2) is 0 Å². The number of hydrogen-bond acceptors (Lipinski definition) is 3. The van der Waals surface area contributed by atoms with Gasteiger partial charge in [-0.3, -0.25) is 0 Å². The zero-order valence-corrected chi connectivity index (χ0v) is 8.38. The van der Waals surface area contributed by atoms with Crippen LogP contribution in [0.15, 0.2) is 18.2 Å². The van der Waals surface area contributed by atoms with Crippen LogP contribution in [0.3, 0.4) is 0 Å². The lowest BCUT2D eigenvalue weighted by Crippen LogP contribution is -2.34. The van der Waals surface area contributed by atoms with E-state index < -0.39 is 36.4 Å². The molecule has 0 saturated heterocycles. The van der Waals surface area contributed by atoms with Crippen molar-refractivity contribution >= 4 is 12.6 Å². The Morgan fingerprint density at radius 3 is 1.94 bits per heavy atom. The number of hydrogen-bond donors (Lipinski definition) is 2. The molecule has 1 aromatic rings. The van der Waals surface area contributed by atoms with Gasteiger partial charge < -0.3 is 14.8 Å². The molecule has 100 valence electrons. The Balaban J connectivity index is 3.21. The van der Waals surface area contributed by atoms with E-state index in [2.05, 4.69) is 4.74 Å². The van der Waals surface area contributed by atoms with E-state index in [-0.39, 0.29) is 6.07 Å². The highest BCUT2D eigenvalue weighted by atomic mass is 19.4. The van der Waals surface area contributed by atoms with E-state index >= 15 is 0 Å². The van der Waals surface area contributed by atoms with Gasteiger partial charge in [0.25, 0.3) is 0 Å². The first kappa shape index (κ1) is 14.6. The second-order valence-electron chi connectivity index (χ2n) is 3.17. The van der Waals surface area contributed by atoms with E-state index in [0.717, 1.165) is 0 Å². The van der Waals surface area contributed by atoms with Gasteiger partial charge >= 0.3 is 19.7 Å². The molecule has 0 spiro atoms. The molecule has 1 aromatic carbocycles. The summed E-state index contributed by atoms with van der Waals surface area (Å²) in [4.78, 5) is 0. The monoisotopic (exact) mass is 274 g/mol. The quantitative estimate of drug-likeness (QED) is 0.631. The Morgan fingerprint density at radius 1 is 1.00 bits per heavy atom. The molecule has 0 unspecified atom stereocenters. The number of rotatable bonds is 2. The third-order valence-electron chi connectivity index (χ3n) is 1.84. The van der Waals surface area contributed by atoms with Gasteiger partial charge in [-0.05, 0) is 18.2 Å². The molecule has 0 radical (unpaired) electrons. The maximum Gasteiger partial charge on any atom is 0.573 e. The summed E-state index contributed by atoms with van der Waals surface area (Å²) in [5, 5.41) is 17.5. The standard InChI is InChI=1S/C8H5BF6O3/c10-7(11,12)4-1-2-6(18-8(13,14)15)5(3-4)9(16)17/h1-3,16-17H. The highest BCUT2D eigenvalue weighted by Gasteiger charge is 2.36. The minimum Gasteiger partial charge on any atom is -0.423 e. The average Bonchev–Trinajstić information content (AvgIpc) is 2.13. The topological polar surface area (TPSA) is 49.7 Å². The number of ether oxygens (including phenoxy) is 1. The van der Waals surface area contributed by atoms with E-state index in [1.54, 1.807) is 0 Å². The molecular formula is C8H5BF6O3. The third kappa shape index (κ3) is 3.81. The normalized spacial score (nSPS) is 12.4. The van der Waals surface area contributed by atoms with Crippen molar-refractivity contribution in [3.05, 3.63) is 23.8 Å². The first-order valence-electron chi connectivity index (χ1n) is 4.34. The van der Waals surface area contributed by atoms with E-state index in [0.29, 0.717) is 12.1 Å². The van der Waals surface area contributed by atoms with Crippen molar-refractivity contribution in [3.8, 4) is 5.75 Å². The second kappa shape index (κ2) is 4.69. The van der Waals surface area contributed by atoms with Gasteiger partial charge in [0.1, 0.15) is 5.75 Å². The molecule has 0 amide bonds. The Labute approximate surface area is 96.7 Å². The maximum atomic E-state index is 12.3. The van der Waals surface area contributed by atoms with Crippen LogP contribution in [0.25, 0.3) is 0 Å². The van der Waals surface area contributed by atoms with Crippen LogP contribution in [-0.2, 0) is 6.18 Å². The van der Waals surface area contributed by atoms with Crippen molar-refractivity contribution in [2.24, 2.45) is 0 Å². The molecule has 0 aliphatic heterocycles. The van der Waals surface area contributed by atoms with Crippen LogP contribution in [0.4, 0.5) is 26.3 Å². The summed E-state index contributed by atoms with van der Waals surface area (Å²) in [5.41, 5.74) is -2.35. The molecule has 2 N–H and O–H groups in total. The molecule has 0 aliphatic rings. The molecule has 10 heteroatoms. The molecule has 18 heavy (non-hydrogen) atoms. The Kier molecular flexibility index (Phi) is 3.82. The summed E-state index contributed by atoms with van der Waals surface area (Å²) in [7, 11) is -2.52. The predicted octanol–water partition coefficient (Wildman–Crippen LogP) is 1.28. The lowest BCUT2D eigenvalue weighted by Gasteiger charge is -2.15. The van der Waals surface area contributed by atoms with Gasteiger partial charge in [-0.25, -0.2) is 0 Å². The van der Waals surface area contributed by atoms with Crippen LogP contribution in [0.2, 0.25) is 0 Å². The predicted molar refractivity (Wildman–Crippen MR) is 48.0 cm³/mol. The number of benzene rings is 1. The van der Waals surface area contributed by atoms with E-state index in [4.69, 9.17) is 10.0 Å². The van der Waals surface area contributed by atoms with Crippen molar-refractivity contribution in [1.29, 1.82) is 0 Å². The second-order valence-corrected chi connectivity index (χ2v) is 3.17. The number of alkyl halides is 6. The Morgan fingerprint density at radius 2 is 1.56 bits per heavy atom. The lowest BCUT2D eigenvalue weighted by atomic mass is 9.78. The van der Waals surface area contributed by atoms with E-state index in [1.165, 1.54) is 0 Å². The summed E-state index contributed by atoms with van der Waals surface area (Å²) >= 11 is 0. The fourth-order valence-electron chi connectivity index (χ4n) is 1.14. The highest BCUT2D eigenvalue weighted by molar-refractivity contribution is 6.59. The molecule has 0 fully saturated rings. The Bertz CT molecular complexity index is 428. The average molecular weight is 274 g/mol.